The highest BCUT2D eigenvalue weighted by molar-refractivity contribution is 9.10. The van der Waals surface area contributed by atoms with Crippen LogP contribution in [0.15, 0.2) is 22.7 Å². The summed E-state index contributed by atoms with van der Waals surface area (Å²) in [6.45, 7) is 5.21. The van der Waals surface area contributed by atoms with E-state index in [2.05, 4.69) is 45.3 Å². The van der Waals surface area contributed by atoms with Crippen LogP contribution in [0.3, 0.4) is 0 Å². The van der Waals surface area contributed by atoms with Crippen LogP contribution in [-0.2, 0) is 0 Å². The van der Waals surface area contributed by atoms with Crippen molar-refractivity contribution in [1.29, 1.82) is 0 Å². The third-order valence-electron chi connectivity index (χ3n) is 2.95. The van der Waals surface area contributed by atoms with Crippen molar-refractivity contribution in [3.05, 3.63) is 33.5 Å². The molecule has 1 N–H and O–H groups in total. The number of benzene rings is 1. The van der Waals surface area contributed by atoms with Gasteiger partial charge in [-0.3, -0.25) is 0 Å². The Balaban J connectivity index is 2.25. The van der Waals surface area contributed by atoms with Gasteiger partial charge in [0, 0.05) is 10.0 Å². The maximum atomic E-state index is 13.4. The second-order valence-electron chi connectivity index (χ2n) is 4.48. The number of nitrogens with one attached hydrogen (secondary N) is 1. The SMILES string of the molecule is CCCNC(CC)c1nnc(-c2cc(F)ccc2Br)s1. The molecule has 0 aliphatic rings. The van der Waals surface area contributed by atoms with Crippen LogP contribution in [0.5, 0.6) is 0 Å². The lowest BCUT2D eigenvalue weighted by Crippen LogP contribution is -2.21. The molecule has 1 aromatic carbocycles. The monoisotopic (exact) mass is 357 g/mol. The Morgan fingerprint density at radius 1 is 1.35 bits per heavy atom. The molecule has 0 spiro atoms. The van der Waals surface area contributed by atoms with E-state index in [1.54, 1.807) is 6.07 Å². The van der Waals surface area contributed by atoms with Crippen molar-refractivity contribution in [2.45, 2.75) is 32.7 Å². The third kappa shape index (κ3) is 3.62. The van der Waals surface area contributed by atoms with Gasteiger partial charge in [0.15, 0.2) is 0 Å². The van der Waals surface area contributed by atoms with Gasteiger partial charge < -0.3 is 5.32 Å². The molecule has 2 rings (SSSR count). The van der Waals surface area contributed by atoms with Crippen molar-refractivity contribution in [2.24, 2.45) is 0 Å². The van der Waals surface area contributed by atoms with Gasteiger partial charge in [-0.1, -0.05) is 41.1 Å². The fourth-order valence-corrected chi connectivity index (χ4v) is 3.47. The Labute approximate surface area is 130 Å². The van der Waals surface area contributed by atoms with E-state index in [9.17, 15) is 4.39 Å². The molecule has 0 bridgehead atoms. The fourth-order valence-electron chi connectivity index (χ4n) is 1.87. The third-order valence-corrected chi connectivity index (χ3v) is 4.71. The van der Waals surface area contributed by atoms with Crippen LogP contribution in [-0.4, -0.2) is 16.7 Å². The minimum Gasteiger partial charge on any atom is -0.308 e. The molecule has 20 heavy (non-hydrogen) atoms. The van der Waals surface area contributed by atoms with Crippen molar-refractivity contribution in [3.8, 4) is 10.6 Å². The highest BCUT2D eigenvalue weighted by Crippen LogP contribution is 2.33. The van der Waals surface area contributed by atoms with E-state index < -0.39 is 0 Å². The smallest absolute Gasteiger partial charge is 0.149 e. The zero-order valence-corrected chi connectivity index (χ0v) is 13.9. The summed E-state index contributed by atoms with van der Waals surface area (Å²) in [7, 11) is 0. The van der Waals surface area contributed by atoms with E-state index in [-0.39, 0.29) is 11.9 Å². The molecule has 1 aromatic heterocycles. The molecule has 0 radical (unpaired) electrons. The Hall–Kier alpha value is -0.850. The fraction of sp³-hybridized carbons (Fsp3) is 0.429. The predicted molar refractivity (Wildman–Crippen MR) is 84.3 cm³/mol. The summed E-state index contributed by atoms with van der Waals surface area (Å²) in [5.74, 6) is -0.268. The summed E-state index contributed by atoms with van der Waals surface area (Å²) in [5.41, 5.74) is 0.749. The van der Waals surface area contributed by atoms with Gasteiger partial charge in [-0.05, 0) is 37.6 Å². The van der Waals surface area contributed by atoms with E-state index in [4.69, 9.17) is 0 Å². The van der Waals surface area contributed by atoms with Gasteiger partial charge in [-0.2, -0.15) is 0 Å². The Morgan fingerprint density at radius 3 is 2.85 bits per heavy atom. The maximum Gasteiger partial charge on any atom is 0.149 e. The highest BCUT2D eigenvalue weighted by Gasteiger charge is 2.16. The lowest BCUT2D eigenvalue weighted by atomic mass is 10.2. The Bertz CT molecular complexity index is 573. The number of rotatable bonds is 6. The Kier molecular flexibility index (Phi) is 5.63. The van der Waals surface area contributed by atoms with Gasteiger partial charge in [-0.15, -0.1) is 10.2 Å². The largest absolute Gasteiger partial charge is 0.308 e. The topological polar surface area (TPSA) is 37.8 Å². The summed E-state index contributed by atoms with van der Waals surface area (Å²) >= 11 is 4.94. The van der Waals surface area contributed by atoms with Gasteiger partial charge in [0.1, 0.15) is 15.8 Å². The molecular formula is C14H17BrFN3S. The average molecular weight is 358 g/mol. The molecule has 0 aliphatic carbocycles. The number of hydrogen-bond donors (Lipinski definition) is 1. The van der Waals surface area contributed by atoms with Crippen molar-refractivity contribution in [1.82, 2.24) is 15.5 Å². The molecule has 1 heterocycles. The van der Waals surface area contributed by atoms with Crippen molar-refractivity contribution in [2.75, 3.05) is 6.54 Å². The van der Waals surface area contributed by atoms with E-state index in [0.29, 0.717) is 0 Å². The average Bonchev–Trinajstić information content (AvgIpc) is 2.92. The second kappa shape index (κ2) is 7.24. The van der Waals surface area contributed by atoms with Gasteiger partial charge >= 0.3 is 0 Å². The molecule has 0 saturated heterocycles. The summed E-state index contributed by atoms with van der Waals surface area (Å²) < 4.78 is 14.2. The van der Waals surface area contributed by atoms with Gasteiger partial charge in [-0.25, -0.2) is 4.39 Å². The summed E-state index contributed by atoms with van der Waals surface area (Å²) in [5, 5.41) is 13.6. The number of nitrogens with zero attached hydrogens (tertiary/aromatic N) is 2. The van der Waals surface area contributed by atoms with Crippen LogP contribution in [0, 0.1) is 5.82 Å². The molecule has 6 heteroatoms. The number of hydrogen-bond acceptors (Lipinski definition) is 4. The van der Waals surface area contributed by atoms with Crippen molar-refractivity contribution in [3.63, 3.8) is 0 Å². The molecular weight excluding hydrogens is 341 g/mol. The van der Waals surface area contributed by atoms with Gasteiger partial charge in [0.25, 0.3) is 0 Å². The minimum absolute atomic E-state index is 0.216. The number of aromatic nitrogens is 2. The lowest BCUT2D eigenvalue weighted by Gasteiger charge is -2.12. The summed E-state index contributed by atoms with van der Waals surface area (Å²) in [4.78, 5) is 0. The minimum atomic E-state index is -0.268. The van der Waals surface area contributed by atoms with E-state index in [1.807, 2.05) is 0 Å². The highest BCUT2D eigenvalue weighted by atomic mass is 79.9. The Morgan fingerprint density at radius 2 is 2.15 bits per heavy atom. The number of halogens is 2. The zero-order chi connectivity index (χ0) is 14.5. The van der Waals surface area contributed by atoms with Crippen molar-refractivity contribution >= 4 is 27.3 Å². The van der Waals surface area contributed by atoms with E-state index in [1.165, 1.54) is 23.5 Å². The maximum absolute atomic E-state index is 13.4. The lowest BCUT2D eigenvalue weighted by molar-refractivity contribution is 0.513. The van der Waals surface area contributed by atoms with Crippen LogP contribution >= 0.6 is 27.3 Å². The van der Waals surface area contributed by atoms with Gasteiger partial charge in [0.2, 0.25) is 0 Å². The van der Waals surface area contributed by atoms with E-state index in [0.717, 1.165) is 39.4 Å². The molecule has 0 saturated carbocycles. The summed E-state index contributed by atoms with van der Waals surface area (Å²) in [6.07, 6.45) is 2.04. The predicted octanol–water partition coefficient (Wildman–Crippen LogP) is 4.56. The second-order valence-corrected chi connectivity index (χ2v) is 6.35. The van der Waals surface area contributed by atoms with Crippen LogP contribution in [0.2, 0.25) is 0 Å². The molecule has 0 amide bonds. The van der Waals surface area contributed by atoms with E-state index >= 15 is 0 Å². The van der Waals surface area contributed by atoms with Crippen LogP contribution in [0.25, 0.3) is 10.6 Å². The first-order chi connectivity index (χ1) is 9.65. The van der Waals surface area contributed by atoms with Crippen molar-refractivity contribution < 1.29 is 4.39 Å². The van der Waals surface area contributed by atoms with Crippen LogP contribution < -0.4 is 5.32 Å². The molecule has 1 unspecified atom stereocenters. The standard InChI is InChI=1S/C14H17BrFN3S/c1-3-7-17-12(4-2)14-19-18-13(20-14)10-8-9(16)5-6-11(10)15/h5-6,8,12,17H,3-4,7H2,1-2H3. The summed E-state index contributed by atoms with van der Waals surface area (Å²) in [6, 6.07) is 4.81. The molecule has 1 atom stereocenters. The zero-order valence-electron chi connectivity index (χ0n) is 11.5. The first-order valence-electron chi connectivity index (χ1n) is 6.67. The quantitative estimate of drug-likeness (QED) is 0.823. The molecule has 0 aliphatic heterocycles. The molecule has 3 nitrogen and oxygen atoms in total. The van der Waals surface area contributed by atoms with Gasteiger partial charge in [0.05, 0.1) is 6.04 Å². The van der Waals surface area contributed by atoms with Crippen LogP contribution in [0.4, 0.5) is 4.39 Å². The van der Waals surface area contributed by atoms with Crippen LogP contribution in [0.1, 0.15) is 37.7 Å². The molecule has 108 valence electrons. The first kappa shape index (κ1) is 15.5. The normalized spacial score (nSPS) is 12.6. The molecule has 2 aromatic rings. The molecule has 0 fully saturated rings. The first-order valence-corrected chi connectivity index (χ1v) is 8.28.